The number of fused-ring (bicyclic) bond motifs is 1. The lowest BCUT2D eigenvalue weighted by atomic mass is 10.1. The Morgan fingerprint density at radius 3 is 2.64 bits per heavy atom. The molecule has 0 spiro atoms. The van der Waals surface area contributed by atoms with Gasteiger partial charge in [-0.3, -0.25) is 9.59 Å². The van der Waals surface area contributed by atoms with Crippen LogP contribution in [0.2, 0.25) is 0 Å². The van der Waals surface area contributed by atoms with Gasteiger partial charge in [0.2, 0.25) is 0 Å². The number of amides is 2. The first-order valence-electron chi connectivity index (χ1n) is 10.0. The van der Waals surface area contributed by atoms with Gasteiger partial charge in [0.05, 0.1) is 5.69 Å². The number of rotatable bonds is 4. The van der Waals surface area contributed by atoms with Crippen LogP contribution in [-0.2, 0) is 13.0 Å². The number of anilines is 1. The van der Waals surface area contributed by atoms with E-state index in [0.29, 0.717) is 18.1 Å². The second-order valence-corrected chi connectivity index (χ2v) is 8.43. The SMILES string of the molecule is CCN(C(=O)c1nc(C(=O)NC(C)(C)C)n2c1CCCC2)c1cccc(C)c1. The lowest BCUT2D eigenvalue weighted by molar-refractivity contribution is 0.0903. The fraction of sp³-hybridized carbons (Fsp3) is 0.500. The van der Waals surface area contributed by atoms with Crippen LogP contribution in [0.25, 0.3) is 0 Å². The number of hydrogen-bond donors (Lipinski definition) is 1. The van der Waals surface area contributed by atoms with E-state index in [0.717, 1.165) is 42.8 Å². The Balaban J connectivity index is 2.01. The van der Waals surface area contributed by atoms with E-state index in [1.165, 1.54) is 0 Å². The van der Waals surface area contributed by atoms with E-state index in [2.05, 4.69) is 10.3 Å². The van der Waals surface area contributed by atoms with Crippen molar-refractivity contribution in [2.24, 2.45) is 0 Å². The lowest BCUT2D eigenvalue weighted by Crippen LogP contribution is -2.42. The molecule has 0 atom stereocenters. The van der Waals surface area contributed by atoms with E-state index >= 15 is 0 Å². The summed E-state index contributed by atoms with van der Waals surface area (Å²) in [4.78, 5) is 32.5. The van der Waals surface area contributed by atoms with Crippen LogP contribution in [0.5, 0.6) is 0 Å². The largest absolute Gasteiger partial charge is 0.345 e. The Hall–Kier alpha value is -2.63. The molecule has 0 aliphatic carbocycles. The number of nitrogens with one attached hydrogen (secondary N) is 1. The fourth-order valence-corrected chi connectivity index (χ4v) is 3.65. The van der Waals surface area contributed by atoms with Crippen LogP contribution in [0.3, 0.4) is 0 Å². The smallest absolute Gasteiger partial charge is 0.287 e. The average molecular weight is 383 g/mol. The monoisotopic (exact) mass is 382 g/mol. The third kappa shape index (κ3) is 4.11. The number of aryl methyl sites for hydroxylation is 1. The Morgan fingerprint density at radius 2 is 2.00 bits per heavy atom. The van der Waals surface area contributed by atoms with Gasteiger partial charge in [0.1, 0.15) is 0 Å². The second-order valence-electron chi connectivity index (χ2n) is 8.43. The van der Waals surface area contributed by atoms with Crippen LogP contribution < -0.4 is 10.2 Å². The summed E-state index contributed by atoms with van der Waals surface area (Å²) in [6.45, 7) is 11.0. The summed E-state index contributed by atoms with van der Waals surface area (Å²) in [7, 11) is 0. The Kier molecular flexibility index (Phi) is 5.59. The van der Waals surface area contributed by atoms with Crippen LogP contribution in [0.4, 0.5) is 5.69 Å². The van der Waals surface area contributed by atoms with Gasteiger partial charge in [-0.1, -0.05) is 12.1 Å². The highest BCUT2D eigenvalue weighted by atomic mass is 16.2. The Bertz CT molecular complexity index is 892. The molecule has 1 N–H and O–H groups in total. The van der Waals surface area contributed by atoms with Gasteiger partial charge in [-0.15, -0.1) is 0 Å². The van der Waals surface area contributed by atoms with Crippen LogP contribution in [-0.4, -0.2) is 33.4 Å². The van der Waals surface area contributed by atoms with Crippen molar-refractivity contribution in [2.75, 3.05) is 11.4 Å². The molecule has 3 rings (SSSR count). The summed E-state index contributed by atoms with van der Waals surface area (Å²) >= 11 is 0. The van der Waals surface area contributed by atoms with Crippen molar-refractivity contribution < 1.29 is 9.59 Å². The number of hydrogen-bond acceptors (Lipinski definition) is 3. The Morgan fingerprint density at radius 1 is 1.25 bits per heavy atom. The van der Waals surface area contributed by atoms with E-state index in [9.17, 15) is 9.59 Å². The summed E-state index contributed by atoms with van der Waals surface area (Å²) in [5.41, 5.74) is 2.87. The molecule has 6 heteroatoms. The quantitative estimate of drug-likeness (QED) is 0.876. The molecule has 2 aromatic rings. The van der Waals surface area contributed by atoms with Crippen molar-refractivity contribution in [1.29, 1.82) is 0 Å². The van der Waals surface area contributed by atoms with Crippen LogP contribution >= 0.6 is 0 Å². The van der Waals surface area contributed by atoms with E-state index in [-0.39, 0.29) is 17.4 Å². The van der Waals surface area contributed by atoms with Gasteiger partial charge in [-0.2, -0.15) is 0 Å². The standard InChI is InChI=1S/C22H30N4O2/c1-6-25(16-11-9-10-15(2)14-16)21(28)18-17-12-7-8-13-26(17)19(23-18)20(27)24-22(3,4)5/h9-11,14H,6-8,12-13H2,1-5H3,(H,24,27). The number of carbonyl (C=O) groups excluding carboxylic acids is 2. The van der Waals surface area contributed by atoms with Crippen LogP contribution in [0, 0.1) is 6.92 Å². The maximum Gasteiger partial charge on any atom is 0.287 e. The third-order valence-electron chi connectivity index (χ3n) is 4.89. The molecule has 6 nitrogen and oxygen atoms in total. The van der Waals surface area contributed by atoms with E-state index < -0.39 is 0 Å². The highest BCUT2D eigenvalue weighted by molar-refractivity contribution is 6.06. The molecule has 2 amide bonds. The topological polar surface area (TPSA) is 67.2 Å². The van der Waals surface area contributed by atoms with Gasteiger partial charge in [0.15, 0.2) is 11.5 Å². The Labute approximate surface area is 166 Å². The molecule has 1 aliphatic heterocycles. The van der Waals surface area contributed by atoms with E-state index in [1.54, 1.807) is 4.90 Å². The maximum absolute atomic E-state index is 13.4. The molecule has 0 saturated heterocycles. The summed E-state index contributed by atoms with van der Waals surface area (Å²) in [6, 6.07) is 7.89. The maximum atomic E-state index is 13.4. The van der Waals surface area contributed by atoms with Crippen molar-refractivity contribution in [3.8, 4) is 0 Å². The number of aromatic nitrogens is 2. The van der Waals surface area contributed by atoms with Crippen LogP contribution in [0.15, 0.2) is 24.3 Å². The predicted octanol–water partition coefficient (Wildman–Crippen LogP) is 3.72. The fourth-order valence-electron chi connectivity index (χ4n) is 3.65. The molecule has 150 valence electrons. The van der Waals surface area contributed by atoms with Crippen molar-refractivity contribution in [3.05, 3.63) is 47.0 Å². The first-order valence-corrected chi connectivity index (χ1v) is 10.0. The molecule has 0 radical (unpaired) electrons. The lowest BCUT2D eigenvalue weighted by Gasteiger charge is -2.23. The molecule has 0 unspecified atom stereocenters. The first kappa shape index (κ1) is 20.1. The second kappa shape index (κ2) is 7.78. The minimum atomic E-state index is -0.362. The van der Waals surface area contributed by atoms with Gasteiger partial charge >= 0.3 is 0 Å². The van der Waals surface area contributed by atoms with Crippen molar-refractivity contribution in [2.45, 2.75) is 66.0 Å². The summed E-state index contributed by atoms with van der Waals surface area (Å²) < 4.78 is 1.93. The van der Waals surface area contributed by atoms with Crippen LogP contribution in [0.1, 0.15) is 72.9 Å². The number of benzene rings is 1. The van der Waals surface area contributed by atoms with Crippen molar-refractivity contribution in [1.82, 2.24) is 14.9 Å². The average Bonchev–Trinajstić information content (AvgIpc) is 3.01. The third-order valence-corrected chi connectivity index (χ3v) is 4.89. The first-order chi connectivity index (χ1) is 13.2. The van der Waals surface area contributed by atoms with E-state index in [4.69, 9.17) is 0 Å². The molecule has 0 fully saturated rings. The van der Waals surface area contributed by atoms with Gasteiger partial charge in [-0.05, 0) is 71.6 Å². The molecule has 1 aliphatic rings. The predicted molar refractivity (Wildman–Crippen MR) is 111 cm³/mol. The molecule has 1 aromatic heterocycles. The zero-order valence-electron chi connectivity index (χ0n) is 17.5. The summed E-state index contributed by atoms with van der Waals surface area (Å²) in [5, 5.41) is 2.97. The molecule has 0 saturated carbocycles. The van der Waals surface area contributed by atoms with E-state index in [1.807, 2.05) is 63.5 Å². The van der Waals surface area contributed by atoms with Gasteiger partial charge in [0.25, 0.3) is 11.8 Å². The summed E-state index contributed by atoms with van der Waals surface area (Å²) in [5.74, 6) is -0.0323. The molecular formula is C22H30N4O2. The minimum absolute atomic E-state index is 0.145. The molecule has 0 bridgehead atoms. The van der Waals surface area contributed by atoms with Crippen molar-refractivity contribution >= 4 is 17.5 Å². The minimum Gasteiger partial charge on any atom is -0.345 e. The number of nitrogens with zero attached hydrogens (tertiary/aromatic N) is 3. The highest BCUT2D eigenvalue weighted by Crippen LogP contribution is 2.25. The van der Waals surface area contributed by atoms with Gasteiger partial charge in [-0.25, -0.2) is 4.98 Å². The van der Waals surface area contributed by atoms with Gasteiger partial charge in [0, 0.05) is 24.3 Å². The molecular weight excluding hydrogens is 352 g/mol. The number of imidazole rings is 1. The van der Waals surface area contributed by atoms with Crippen molar-refractivity contribution in [3.63, 3.8) is 0 Å². The molecule has 28 heavy (non-hydrogen) atoms. The zero-order chi connectivity index (χ0) is 20.5. The normalized spacial score (nSPS) is 13.8. The number of carbonyl (C=O) groups is 2. The summed E-state index contributed by atoms with van der Waals surface area (Å²) in [6.07, 6.45) is 2.76. The van der Waals surface area contributed by atoms with Gasteiger partial charge < -0.3 is 14.8 Å². The zero-order valence-corrected chi connectivity index (χ0v) is 17.5. The molecule has 2 heterocycles. The highest BCUT2D eigenvalue weighted by Gasteiger charge is 2.31. The molecule has 1 aromatic carbocycles.